The number of hydrogen-bond donors (Lipinski definition) is 2. The van der Waals surface area contributed by atoms with E-state index in [1.807, 2.05) is 0 Å². The van der Waals surface area contributed by atoms with Gasteiger partial charge in [0.15, 0.2) is 0 Å². The highest BCUT2D eigenvalue weighted by atomic mass is 32.1. The second-order valence-corrected chi connectivity index (χ2v) is 5.46. The summed E-state index contributed by atoms with van der Waals surface area (Å²) in [5.41, 5.74) is 6.61. The summed E-state index contributed by atoms with van der Waals surface area (Å²) in [6.07, 6.45) is 2.81. The van der Waals surface area contributed by atoms with Crippen molar-refractivity contribution in [3.8, 4) is 0 Å². The Morgan fingerprint density at radius 3 is 2.84 bits per heavy atom. The van der Waals surface area contributed by atoms with E-state index in [-0.39, 0.29) is 23.7 Å². The maximum Gasteiger partial charge on any atom is 0.251 e. The topological polar surface area (TPSA) is 55.1 Å². The molecular weight excluding hydrogens is 263 g/mol. The second kappa shape index (κ2) is 5.65. The Morgan fingerprint density at radius 2 is 2.21 bits per heavy atom. The number of halogens is 1. The third-order valence-electron chi connectivity index (χ3n) is 3.62. The summed E-state index contributed by atoms with van der Waals surface area (Å²) in [6, 6.07) is 4.34. The molecule has 5 heteroatoms. The van der Waals surface area contributed by atoms with Gasteiger partial charge in [-0.25, -0.2) is 4.39 Å². The molecule has 2 atom stereocenters. The zero-order valence-corrected chi connectivity index (χ0v) is 11.6. The summed E-state index contributed by atoms with van der Waals surface area (Å²) < 4.78 is 13.2. The first-order chi connectivity index (χ1) is 8.99. The van der Waals surface area contributed by atoms with Crippen LogP contribution in [0.5, 0.6) is 0 Å². The lowest BCUT2D eigenvalue weighted by molar-refractivity contribution is 0.0933. The molecule has 1 saturated carbocycles. The lowest BCUT2D eigenvalue weighted by atomic mass is 10.0. The molecule has 0 aromatic heterocycles. The number of nitrogens with one attached hydrogen (secondary N) is 1. The minimum absolute atomic E-state index is 0.00430. The van der Waals surface area contributed by atoms with Crippen LogP contribution in [0.15, 0.2) is 18.2 Å². The molecule has 3 N–H and O–H groups in total. The number of hydrogen-bond acceptors (Lipinski definition) is 2. The molecule has 1 fully saturated rings. The minimum Gasteiger partial charge on any atom is -0.393 e. The molecule has 3 nitrogen and oxygen atoms in total. The Morgan fingerprint density at radius 1 is 1.47 bits per heavy atom. The molecule has 2 rings (SSSR count). The summed E-state index contributed by atoms with van der Waals surface area (Å²) >= 11 is 5.02. The Labute approximate surface area is 117 Å². The number of carbonyl (C=O) groups is 1. The van der Waals surface area contributed by atoms with Crippen LogP contribution in [0.1, 0.15) is 35.2 Å². The van der Waals surface area contributed by atoms with Gasteiger partial charge in [0.25, 0.3) is 5.91 Å². The number of thiocarbonyl (C=S) groups is 1. The average molecular weight is 280 g/mol. The third kappa shape index (κ3) is 3.10. The van der Waals surface area contributed by atoms with Crippen LogP contribution in [-0.2, 0) is 0 Å². The van der Waals surface area contributed by atoms with E-state index in [2.05, 4.69) is 5.32 Å². The van der Waals surface area contributed by atoms with E-state index in [9.17, 15) is 9.18 Å². The van der Waals surface area contributed by atoms with Gasteiger partial charge in [0.2, 0.25) is 0 Å². The normalized spacial score (nSPS) is 22.2. The highest BCUT2D eigenvalue weighted by molar-refractivity contribution is 7.80. The second-order valence-electron chi connectivity index (χ2n) is 4.98. The van der Waals surface area contributed by atoms with Crippen LogP contribution >= 0.6 is 12.2 Å². The van der Waals surface area contributed by atoms with Gasteiger partial charge in [-0.3, -0.25) is 4.79 Å². The average Bonchev–Trinajstić information content (AvgIpc) is 2.80. The van der Waals surface area contributed by atoms with Crippen molar-refractivity contribution in [2.24, 2.45) is 11.7 Å². The number of amides is 1. The van der Waals surface area contributed by atoms with Crippen LogP contribution in [0.4, 0.5) is 4.39 Å². The summed E-state index contributed by atoms with van der Waals surface area (Å²) in [5.74, 6) is -0.435. The molecule has 1 aliphatic rings. The van der Waals surface area contributed by atoms with Gasteiger partial charge in [-0.15, -0.1) is 0 Å². The molecule has 1 amide bonds. The molecule has 0 bridgehead atoms. The van der Waals surface area contributed by atoms with Crippen LogP contribution < -0.4 is 11.1 Å². The standard InChI is InChI=1S/C14H17FN2OS/c1-8-7-9(5-6-11(8)15)14(18)17-12-4-2-3-10(12)13(16)19/h5-7,10,12H,2-4H2,1H3,(H2,16,19)(H,17,18). The largest absolute Gasteiger partial charge is 0.393 e. The van der Waals surface area contributed by atoms with Crippen LogP contribution in [0.3, 0.4) is 0 Å². The van der Waals surface area contributed by atoms with Crippen molar-refractivity contribution in [3.63, 3.8) is 0 Å². The van der Waals surface area contributed by atoms with E-state index in [1.54, 1.807) is 13.0 Å². The van der Waals surface area contributed by atoms with Gasteiger partial charge in [0.05, 0.1) is 4.99 Å². The lowest BCUT2D eigenvalue weighted by Crippen LogP contribution is -2.41. The van der Waals surface area contributed by atoms with Crippen molar-refractivity contribution in [1.29, 1.82) is 0 Å². The van der Waals surface area contributed by atoms with Gasteiger partial charge < -0.3 is 11.1 Å². The van der Waals surface area contributed by atoms with Crippen molar-refractivity contribution < 1.29 is 9.18 Å². The predicted octanol–water partition coefficient (Wildman–Crippen LogP) is 2.32. The summed E-state index contributed by atoms with van der Waals surface area (Å²) in [7, 11) is 0. The fourth-order valence-electron chi connectivity index (χ4n) is 2.51. The fourth-order valence-corrected chi connectivity index (χ4v) is 2.79. The van der Waals surface area contributed by atoms with Gasteiger partial charge in [0.1, 0.15) is 5.82 Å². The van der Waals surface area contributed by atoms with Crippen molar-refractivity contribution in [2.75, 3.05) is 0 Å². The van der Waals surface area contributed by atoms with E-state index in [1.165, 1.54) is 12.1 Å². The van der Waals surface area contributed by atoms with Gasteiger partial charge in [-0.1, -0.05) is 18.6 Å². The molecule has 0 spiro atoms. The number of benzene rings is 1. The molecule has 0 aliphatic heterocycles. The molecule has 19 heavy (non-hydrogen) atoms. The minimum atomic E-state index is -0.307. The smallest absolute Gasteiger partial charge is 0.251 e. The molecule has 102 valence electrons. The van der Waals surface area contributed by atoms with Crippen LogP contribution in [0.2, 0.25) is 0 Å². The Hall–Kier alpha value is -1.49. The van der Waals surface area contributed by atoms with Gasteiger partial charge in [-0.2, -0.15) is 0 Å². The van der Waals surface area contributed by atoms with Crippen LogP contribution in [0.25, 0.3) is 0 Å². The Bertz CT molecular complexity index is 518. The van der Waals surface area contributed by atoms with Crippen molar-refractivity contribution in [1.82, 2.24) is 5.32 Å². The van der Waals surface area contributed by atoms with Gasteiger partial charge >= 0.3 is 0 Å². The summed E-state index contributed by atoms with van der Waals surface area (Å²) in [6.45, 7) is 1.64. The van der Waals surface area contributed by atoms with E-state index in [4.69, 9.17) is 18.0 Å². The number of carbonyl (C=O) groups excluding carboxylic acids is 1. The van der Waals surface area contributed by atoms with Gasteiger partial charge in [-0.05, 0) is 43.5 Å². The third-order valence-corrected chi connectivity index (χ3v) is 3.92. The van der Waals surface area contributed by atoms with E-state index >= 15 is 0 Å². The van der Waals surface area contributed by atoms with Crippen LogP contribution in [0, 0.1) is 18.7 Å². The quantitative estimate of drug-likeness (QED) is 0.835. The first-order valence-corrected chi connectivity index (χ1v) is 6.76. The lowest BCUT2D eigenvalue weighted by Gasteiger charge is -2.20. The van der Waals surface area contributed by atoms with E-state index < -0.39 is 0 Å². The maximum atomic E-state index is 13.2. The molecule has 0 saturated heterocycles. The maximum absolute atomic E-state index is 13.2. The zero-order valence-electron chi connectivity index (χ0n) is 10.8. The Kier molecular flexibility index (Phi) is 4.14. The highest BCUT2D eigenvalue weighted by Gasteiger charge is 2.30. The monoisotopic (exact) mass is 280 g/mol. The first-order valence-electron chi connectivity index (χ1n) is 6.35. The predicted molar refractivity (Wildman–Crippen MR) is 76.5 cm³/mol. The number of rotatable bonds is 3. The van der Waals surface area contributed by atoms with Crippen molar-refractivity contribution in [2.45, 2.75) is 32.2 Å². The highest BCUT2D eigenvalue weighted by Crippen LogP contribution is 2.26. The van der Waals surface area contributed by atoms with E-state index in [0.29, 0.717) is 16.1 Å². The SMILES string of the molecule is Cc1cc(C(=O)NC2CCCC2C(N)=S)ccc1F. The number of aryl methyl sites for hydroxylation is 1. The molecule has 1 aromatic carbocycles. The van der Waals surface area contributed by atoms with Crippen molar-refractivity contribution >= 4 is 23.1 Å². The fraction of sp³-hybridized carbons (Fsp3) is 0.429. The first kappa shape index (κ1) is 13.9. The summed E-state index contributed by atoms with van der Waals surface area (Å²) in [5, 5.41) is 2.94. The van der Waals surface area contributed by atoms with Crippen molar-refractivity contribution in [3.05, 3.63) is 35.1 Å². The van der Waals surface area contributed by atoms with Gasteiger partial charge in [0, 0.05) is 17.5 Å². The van der Waals surface area contributed by atoms with E-state index in [0.717, 1.165) is 19.3 Å². The molecule has 1 aliphatic carbocycles. The molecule has 1 aromatic rings. The molecule has 0 radical (unpaired) electrons. The van der Waals surface area contributed by atoms with Crippen LogP contribution in [-0.4, -0.2) is 16.9 Å². The Balaban J connectivity index is 2.08. The molecular formula is C14H17FN2OS. The zero-order chi connectivity index (χ0) is 14.0. The summed E-state index contributed by atoms with van der Waals surface area (Å²) in [4.78, 5) is 12.6. The molecule has 2 unspecified atom stereocenters. The number of nitrogens with two attached hydrogens (primary N) is 1. The molecule has 0 heterocycles.